The Morgan fingerprint density at radius 2 is 1.95 bits per heavy atom. The molecule has 0 aromatic heterocycles. The van der Waals surface area contributed by atoms with Gasteiger partial charge in [0.1, 0.15) is 11.4 Å². The zero-order valence-corrected chi connectivity index (χ0v) is 11.9. The van der Waals surface area contributed by atoms with Gasteiger partial charge in [-0.1, -0.05) is 6.07 Å². The van der Waals surface area contributed by atoms with Gasteiger partial charge >= 0.3 is 12.1 Å². The zero-order valence-electron chi connectivity index (χ0n) is 11.9. The average molecular weight is 283 g/mol. The van der Waals surface area contributed by atoms with E-state index in [-0.39, 0.29) is 0 Å². The molecule has 1 rings (SSSR count). The summed E-state index contributed by atoms with van der Waals surface area (Å²) in [4.78, 5) is 22.3. The first-order valence-electron chi connectivity index (χ1n) is 6.12. The number of alkyl carbamates (subject to hydrolysis) is 1. The number of rotatable bonds is 3. The lowest BCUT2D eigenvalue weighted by Crippen LogP contribution is -2.34. The van der Waals surface area contributed by atoms with Gasteiger partial charge in [-0.05, 0) is 45.4 Å². The van der Waals surface area contributed by atoms with Crippen molar-refractivity contribution in [1.29, 1.82) is 0 Å². The number of aromatic carboxylic acids is 1. The molecular formula is C14H18FNO4. The maximum atomic E-state index is 13.5. The van der Waals surface area contributed by atoms with E-state index in [1.54, 1.807) is 27.7 Å². The van der Waals surface area contributed by atoms with Gasteiger partial charge in [-0.15, -0.1) is 0 Å². The largest absolute Gasteiger partial charge is 0.478 e. The van der Waals surface area contributed by atoms with Crippen molar-refractivity contribution in [3.63, 3.8) is 0 Å². The van der Waals surface area contributed by atoms with Crippen LogP contribution in [0.1, 0.15) is 49.7 Å². The summed E-state index contributed by atoms with van der Waals surface area (Å²) in [6.07, 6.45) is -0.618. The molecule has 0 aliphatic rings. The quantitative estimate of drug-likeness (QED) is 0.893. The lowest BCUT2D eigenvalue weighted by molar-refractivity contribution is 0.0507. The number of nitrogens with one attached hydrogen (secondary N) is 1. The third-order valence-corrected chi connectivity index (χ3v) is 2.46. The van der Waals surface area contributed by atoms with Gasteiger partial charge in [-0.2, -0.15) is 0 Å². The van der Waals surface area contributed by atoms with E-state index >= 15 is 0 Å². The van der Waals surface area contributed by atoms with E-state index in [1.165, 1.54) is 12.1 Å². The maximum Gasteiger partial charge on any atom is 0.408 e. The van der Waals surface area contributed by atoms with Crippen LogP contribution in [0.3, 0.4) is 0 Å². The van der Waals surface area contributed by atoms with Crippen LogP contribution in [0, 0.1) is 5.82 Å². The van der Waals surface area contributed by atoms with Crippen LogP contribution >= 0.6 is 0 Å². The van der Waals surface area contributed by atoms with Gasteiger partial charge < -0.3 is 15.2 Å². The van der Waals surface area contributed by atoms with E-state index in [9.17, 15) is 14.0 Å². The Kier molecular flexibility index (Phi) is 4.70. The number of ether oxygens (including phenoxy) is 1. The average Bonchev–Trinajstić information content (AvgIpc) is 2.25. The Hall–Kier alpha value is -2.11. The Morgan fingerprint density at radius 1 is 1.35 bits per heavy atom. The van der Waals surface area contributed by atoms with Crippen LogP contribution in [0.5, 0.6) is 0 Å². The maximum absolute atomic E-state index is 13.5. The van der Waals surface area contributed by atoms with E-state index in [0.717, 1.165) is 6.07 Å². The first kappa shape index (κ1) is 15.9. The van der Waals surface area contributed by atoms with E-state index in [0.29, 0.717) is 5.56 Å². The van der Waals surface area contributed by atoms with Crippen LogP contribution in [-0.2, 0) is 4.74 Å². The highest BCUT2D eigenvalue weighted by atomic mass is 19.1. The minimum absolute atomic E-state index is 0.404. The number of hydrogen-bond donors (Lipinski definition) is 2. The number of amides is 1. The lowest BCUT2D eigenvalue weighted by atomic mass is 10.1. The highest BCUT2D eigenvalue weighted by Crippen LogP contribution is 2.17. The van der Waals surface area contributed by atoms with Crippen molar-refractivity contribution in [2.75, 3.05) is 0 Å². The van der Waals surface area contributed by atoms with Crippen molar-refractivity contribution >= 4 is 12.1 Å². The van der Waals surface area contributed by atoms with Gasteiger partial charge in [-0.25, -0.2) is 14.0 Å². The van der Waals surface area contributed by atoms with Gasteiger partial charge in [0.15, 0.2) is 0 Å². The number of halogens is 1. The fraction of sp³-hybridized carbons (Fsp3) is 0.429. The summed E-state index contributed by atoms with van der Waals surface area (Å²) < 4.78 is 18.6. The first-order valence-corrected chi connectivity index (χ1v) is 6.12. The van der Waals surface area contributed by atoms with Crippen LogP contribution in [0.2, 0.25) is 0 Å². The predicted molar refractivity (Wildman–Crippen MR) is 71.1 cm³/mol. The molecule has 0 saturated heterocycles. The molecule has 0 spiro atoms. The summed E-state index contributed by atoms with van der Waals surface area (Å²) in [5.41, 5.74) is -0.570. The molecule has 1 unspecified atom stereocenters. The van der Waals surface area contributed by atoms with E-state index in [1.807, 2.05) is 0 Å². The Balaban J connectivity index is 2.78. The number of hydrogen-bond acceptors (Lipinski definition) is 3. The van der Waals surface area contributed by atoms with Crippen molar-refractivity contribution in [2.24, 2.45) is 0 Å². The molecule has 0 aliphatic carbocycles. The van der Waals surface area contributed by atoms with Crippen LogP contribution in [0.25, 0.3) is 0 Å². The molecular weight excluding hydrogens is 265 g/mol. The fourth-order valence-corrected chi connectivity index (χ4v) is 1.54. The first-order chi connectivity index (χ1) is 9.10. The second-order valence-corrected chi connectivity index (χ2v) is 5.41. The molecule has 1 aromatic carbocycles. The molecule has 0 saturated carbocycles. The van der Waals surface area contributed by atoms with Gasteiger partial charge in [0, 0.05) is 0 Å². The molecule has 20 heavy (non-hydrogen) atoms. The smallest absolute Gasteiger partial charge is 0.408 e. The molecule has 0 radical (unpaired) electrons. The van der Waals surface area contributed by atoms with Crippen LogP contribution in [0.15, 0.2) is 18.2 Å². The van der Waals surface area contributed by atoms with Crippen molar-refractivity contribution in [2.45, 2.75) is 39.3 Å². The number of carbonyl (C=O) groups is 2. The molecule has 0 bridgehead atoms. The van der Waals surface area contributed by atoms with Gasteiger partial charge in [-0.3, -0.25) is 0 Å². The van der Waals surface area contributed by atoms with E-state index < -0.39 is 35.1 Å². The topological polar surface area (TPSA) is 75.6 Å². The molecule has 5 nitrogen and oxygen atoms in total. The summed E-state index contributed by atoms with van der Waals surface area (Å²) in [6.45, 7) is 6.86. The summed E-state index contributed by atoms with van der Waals surface area (Å²) in [5, 5.41) is 11.3. The van der Waals surface area contributed by atoms with Crippen LogP contribution < -0.4 is 5.32 Å². The van der Waals surface area contributed by atoms with Gasteiger partial charge in [0.25, 0.3) is 0 Å². The summed E-state index contributed by atoms with van der Waals surface area (Å²) >= 11 is 0. The molecule has 0 aliphatic heterocycles. The minimum Gasteiger partial charge on any atom is -0.478 e. The number of carboxylic acids is 1. The second-order valence-electron chi connectivity index (χ2n) is 5.41. The third kappa shape index (κ3) is 4.53. The number of benzene rings is 1. The normalized spacial score (nSPS) is 12.7. The zero-order chi connectivity index (χ0) is 15.5. The summed E-state index contributed by atoms with van der Waals surface area (Å²) in [7, 11) is 0. The number of carboxylic acid groups (broad SMARTS) is 1. The highest BCUT2D eigenvalue weighted by Gasteiger charge is 2.19. The Morgan fingerprint density at radius 3 is 2.40 bits per heavy atom. The number of carbonyl (C=O) groups excluding carboxylic acids is 1. The molecule has 1 aromatic rings. The summed E-state index contributed by atoms with van der Waals surface area (Å²) in [5.74, 6) is -2.17. The van der Waals surface area contributed by atoms with Crippen LogP contribution in [-0.4, -0.2) is 22.8 Å². The van der Waals surface area contributed by atoms with Crippen molar-refractivity contribution in [1.82, 2.24) is 5.32 Å². The molecule has 0 heterocycles. The van der Waals surface area contributed by atoms with Gasteiger partial charge in [0.2, 0.25) is 0 Å². The predicted octanol–water partition coefficient (Wildman–Crippen LogP) is 3.11. The molecule has 1 amide bonds. The van der Waals surface area contributed by atoms with E-state index in [2.05, 4.69) is 5.32 Å². The lowest BCUT2D eigenvalue weighted by Gasteiger charge is -2.22. The standard InChI is InChI=1S/C14H18FNO4/c1-8(16-13(19)20-14(2,3)4)9-5-6-10(12(17)18)11(15)7-9/h5-8H,1-4H3,(H,16,19)(H,17,18). The molecule has 0 fully saturated rings. The van der Waals surface area contributed by atoms with Crippen molar-refractivity contribution in [3.8, 4) is 0 Å². The fourth-order valence-electron chi connectivity index (χ4n) is 1.54. The van der Waals surface area contributed by atoms with E-state index in [4.69, 9.17) is 9.84 Å². The molecule has 110 valence electrons. The molecule has 6 heteroatoms. The van der Waals surface area contributed by atoms with Crippen molar-refractivity contribution in [3.05, 3.63) is 35.1 Å². The SMILES string of the molecule is CC(NC(=O)OC(C)(C)C)c1ccc(C(=O)O)c(F)c1. The van der Waals surface area contributed by atoms with Crippen molar-refractivity contribution < 1.29 is 23.8 Å². The highest BCUT2D eigenvalue weighted by molar-refractivity contribution is 5.87. The molecule has 2 N–H and O–H groups in total. The van der Waals surface area contributed by atoms with Gasteiger partial charge in [0.05, 0.1) is 11.6 Å². The minimum atomic E-state index is -1.33. The van der Waals surface area contributed by atoms with Crippen LogP contribution in [0.4, 0.5) is 9.18 Å². The molecule has 1 atom stereocenters. The monoisotopic (exact) mass is 283 g/mol. The Labute approximate surface area is 116 Å². The summed E-state index contributed by atoms with van der Waals surface area (Å²) in [6, 6.07) is 3.21. The second kappa shape index (κ2) is 5.90. The Bertz CT molecular complexity index is 522. The third-order valence-electron chi connectivity index (χ3n) is 2.46.